The summed E-state index contributed by atoms with van der Waals surface area (Å²) in [6.45, 7) is 3.18. The fraction of sp³-hybridized carbons (Fsp3) is 0.227. The van der Waals surface area contributed by atoms with Crippen molar-refractivity contribution in [2.24, 2.45) is 7.05 Å². The molecule has 0 radical (unpaired) electrons. The molecule has 14 heteroatoms. The van der Waals surface area contributed by atoms with E-state index in [9.17, 15) is 43.2 Å². The minimum Gasteiger partial charge on any atom is -0.240 e. The predicted molar refractivity (Wildman–Crippen MR) is 119 cm³/mol. The average Bonchev–Trinajstić information content (AvgIpc) is 3.21. The van der Waals surface area contributed by atoms with Crippen molar-refractivity contribution in [2.75, 3.05) is 0 Å². The molecule has 0 aliphatic carbocycles. The first kappa shape index (κ1) is 27.5. The highest BCUT2D eigenvalue weighted by molar-refractivity contribution is 7.93. The van der Waals surface area contributed by atoms with Gasteiger partial charge in [-0.25, -0.2) is 26.0 Å². The smallest absolute Gasteiger partial charge is 0.240 e. The van der Waals surface area contributed by atoms with Gasteiger partial charge in [-0.1, -0.05) is 48.5 Å². The van der Waals surface area contributed by atoms with E-state index in [1.54, 1.807) is 0 Å². The molecule has 0 bridgehead atoms. The van der Waals surface area contributed by atoms with Crippen molar-refractivity contribution < 1.29 is 47.7 Å². The zero-order valence-corrected chi connectivity index (χ0v) is 20.3. The highest BCUT2D eigenvalue weighted by atomic mass is 32.2. The molecule has 0 spiro atoms. The number of rotatable bonds is 3. The Morgan fingerprint density at radius 2 is 1.06 bits per heavy atom. The minimum absolute atomic E-state index is 0.777. The molecule has 0 aliphatic rings. The maximum atomic E-state index is 13.2. The topological polar surface area (TPSA) is 77.1 Å². The maximum Gasteiger partial charge on any atom is 0.501 e. The number of hydrogen-bond acceptors (Lipinski definition) is 4. The quantitative estimate of drug-likeness (QED) is 0.205. The molecule has 0 atom stereocenters. The summed E-state index contributed by atoms with van der Waals surface area (Å²) in [5.74, 6) is 0. The number of benzene rings is 3. The van der Waals surface area contributed by atoms with Crippen molar-refractivity contribution in [1.82, 2.24) is 4.57 Å². The molecule has 194 valence electrons. The van der Waals surface area contributed by atoms with E-state index in [2.05, 4.69) is 24.0 Å². The molecule has 6 nitrogen and oxygen atoms in total. The largest absolute Gasteiger partial charge is 0.501 e. The highest BCUT2D eigenvalue weighted by Gasteiger charge is 2.51. The Bertz CT molecular complexity index is 1480. The summed E-state index contributed by atoms with van der Waals surface area (Å²) in [6.07, 6.45) is 6.14. The van der Waals surface area contributed by atoms with E-state index in [0.29, 0.717) is 0 Å². The van der Waals surface area contributed by atoms with Gasteiger partial charge in [0.1, 0.15) is 12.4 Å². The monoisotopic (exact) mass is 553 g/mol. The van der Waals surface area contributed by atoms with Crippen molar-refractivity contribution in [3.63, 3.8) is 0 Å². The summed E-state index contributed by atoms with van der Waals surface area (Å²) in [4.78, 5) is -2.60. The predicted octanol–water partition coefficient (Wildman–Crippen LogP) is 4.91. The van der Waals surface area contributed by atoms with Gasteiger partial charge >= 0.3 is 11.0 Å². The first-order valence-corrected chi connectivity index (χ1v) is 13.1. The molecule has 0 N–H and O–H groups in total. The molecule has 4 aromatic rings. The van der Waals surface area contributed by atoms with Crippen LogP contribution in [0, 0.1) is 0 Å². The van der Waals surface area contributed by atoms with Gasteiger partial charge in [0.25, 0.3) is 19.7 Å². The van der Waals surface area contributed by atoms with Crippen molar-refractivity contribution in [1.29, 1.82) is 0 Å². The molecule has 36 heavy (non-hydrogen) atoms. The Kier molecular flexibility index (Phi) is 7.16. The summed E-state index contributed by atoms with van der Waals surface area (Å²) in [5.41, 5.74) is -11.5. The van der Waals surface area contributed by atoms with E-state index in [4.69, 9.17) is 0 Å². The lowest BCUT2D eigenvalue weighted by atomic mass is 10.0. The van der Waals surface area contributed by atoms with Gasteiger partial charge in [-0.2, -0.15) is 26.3 Å². The van der Waals surface area contributed by atoms with Crippen LogP contribution in [0.3, 0.4) is 0 Å². The molecule has 0 fully saturated rings. The zero-order chi connectivity index (χ0) is 27.1. The number of nitrogens with zero attached hydrogens (tertiary/aromatic N) is 2. The molecule has 0 unspecified atom stereocenters. The van der Waals surface area contributed by atoms with Crippen molar-refractivity contribution in [3.8, 4) is 0 Å². The summed E-state index contributed by atoms with van der Waals surface area (Å²) in [7, 11) is -9.99. The standard InChI is InChI=1S/C16H8F6O4S2.C6H11N2/c17-15(18,19)27(23,24)13-9-5-1-2-6-10(9)14(28(25,26)16(20,21)22)12-8-4-3-7-11(12)13;1-3-8-5-4-7(2)6-8/h1-8H;4-6H,3H2,1-2H3/q;+1. The molecule has 3 aromatic carbocycles. The van der Waals surface area contributed by atoms with Crippen molar-refractivity contribution >= 4 is 41.2 Å². The lowest BCUT2D eigenvalue weighted by Crippen LogP contribution is -2.26. The van der Waals surface area contributed by atoms with E-state index in [0.717, 1.165) is 55.1 Å². The Hall–Kier alpha value is -3.13. The summed E-state index contributed by atoms with van der Waals surface area (Å²) < 4.78 is 132. The van der Waals surface area contributed by atoms with E-state index < -0.39 is 62.0 Å². The second-order valence-corrected chi connectivity index (χ2v) is 11.3. The van der Waals surface area contributed by atoms with Gasteiger partial charge in [0.15, 0.2) is 0 Å². The van der Waals surface area contributed by atoms with Crippen molar-refractivity contribution in [2.45, 2.75) is 34.3 Å². The Balaban J connectivity index is 0.000000383. The number of halogens is 6. The summed E-state index contributed by atoms with van der Waals surface area (Å²) in [6, 6.07) is 7.69. The van der Waals surface area contributed by atoms with Crippen LogP contribution in [0.1, 0.15) is 6.92 Å². The fourth-order valence-electron chi connectivity index (χ4n) is 3.55. The normalized spacial score (nSPS) is 13.0. The maximum absolute atomic E-state index is 13.2. The molecule has 0 saturated carbocycles. The highest BCUT2D eigenvalue weighted by Crippen LogP contribution is 2.45. The minimum atomic E-state index is -6.00. The Labute approximate surface area is 202 Å². The van der Waals surface area contributed by atoms with E-state index in [1.165, 1.54) is 0 Å². The van der Waals surface area contributed by atoms with Crippen LogP contribution in [-0.2, 0) is 33.3 Å². The summed E-state index contributed by atoms with van der Waals surface area (Å²) >= 11 is 0. The molecule has 1 heterocycles. The number of aryl methyl sites for hydroxylation is 2. The van der Waals surface area contributed by atoms with Gasteiger partial charge in [-0.05, 0) is 6.92 Å². The second-order valence-electron chi connectivity index (χ2n) is 7.56. The third-order valence-corrected chi connectivity index (χ3v) is 8.34. The number of aromatic nitrogens is 2. The Morgan fingerprint density at radius 3 is 1.25 bits per heavy atom. The van der Waals surface area contributed by atoms with E-state index >= 15 is 0 Å². The van der Waals surface area contributed by atoms with Crippen LogP contribution < -0.4 is 4.57 Å². The number of sulfone groups is 2. The number of alkyl halides is 6. The number of fused-ring (bicyclic) bond motifs is 2. The second kappa shape index (κ2) is 9.39. The lowest BCUT2D eigenvalue weighted by molar-refractivity contribution is -0.671. The SMILES string of the molecule is CCn1cc[n+](C)c1.O=S(=O)(c1c2ccccc2c(S(=O)(=O)C(F)(F)F)c2ccccc12)C(F)(F)F. The van der Waals surface area contributed by atoms with Crippen LogP contribution in [0.5, 0.6) is 0 Å². The van der Waals surface area contributed by atoms with Crippen LogP contribution >= 0.6 is 0 Å². The van der Waals surface area contributed by atoms with Crippen LogP contribution in [0.25, 0.3) is 21.5 Å². The van der Waals surface area contributed by atoms with Crippen molar-refractivity contribution in [3.05, 3.63) is 67.3 Å². The zero-order valence-electron chi connectivity index (χ0n) is 18.7. The first-order chi connectivity index (χ1) is 16.5. The molecule has 4 rings (SSSR count). The summed E-state index contributed by atoms with van der Waals surface area (Å²) in [5, 5.41) is -3.11. The molecule has 0 amide bonds. The van der Waals surface area contributed by atoms with Crippen LogP contribution in [-0.4, -0.2) is 32.4 Å². The lowest BCUT2D eigenvalue weighted by Gasteiger charge is -2.18. The van der Waals surface area contributed by atoms with E-state index in [-0.39, 0.29) is 0 Å². The van der Waals surface area contributed by atoms with Crippen LogP contribution in [0.15, 0.2) is 77.0 Å². The van der Waals surface area contributed by atoms with Gasteiger partial charge in [-0.3, -0.25) is 0 Å². The molecular weight excluding hydrogens is 534 g/mol. The molecule has 1 aromatic heterocycles. The third kappa shape index (κ3) is 4.78. The Morgan fingerprint density at radius 1 is 0.722 bits per heavy atom. The first-order valence-electron chi connectivity index (χ1n) is 10.1. The molecular formula is C22H19F6N2O4S2+. The number of imidazole rings is 1. The van der Waals surface area contributed by atoms with Gasteiger partial charge < -0.3 is 0 Å². The van der Waals surface area contributed by atoms with Gasteiger partial charge in [0.2, 0.25) is 6.33 Å². The van der Waals surface area contributed by atoms with Crippen LogP contribution in [0.4, 0.5) is 26.3 Å². The van der Waals surface area contributed by atoms with Gasteiger partial charge in [-0.15, -0.1) is 0 Å². The third-order valence-electron chi connectivity index (χ3n) is 5.17. The fourth-order valence-corrected chi connectivity index (χ4v) is 5.88. The van der Waals surface area contributed by atoms with E-state index in [1.807, 2.05) is 17.8 Å². The molecule has 0 aliphatic heterocycles. The average molecular weight is 554 g/mol. The number of hydrogen-bond donors (Lipinski definition) is 0. The molecule has 0 saturated heterocycles. The van der Waals surface area contributed by atoms with Gasteiger partial charge in [0.05, 0.1) is 23.4 Å². The van der Waals surface area contributed by atoms with Gasteiger partial charge in [0, 0.05) is 21.5 Å². The van der Waals surface area contributed by atoms with Crippen LogP contribution in [0.2, 0.25) is 0 Å².